The maximum absolute atomic E-state index is 13.0. The molecule has 152 valence electrons. The Morgan fingerprint density at radius 1 is 0.929 bits per heavy atom. The number of hydrogen-bond acceptors (Lipinski definition) is 3. The van der Waals surface area contributed by atoms with E-state index in [9.17, 15) is 4.79 Å². The van der Waals surface area contributed by atoms with Crippen LogP contribution in [0.3, 0.4) is 0 Å². The number of hydrogen-bond donors (Lipinski definition) is 1. The first-order chi connectivity index (χ1) is 13.5. The van der Waals surface area contributed by atoms with Gasteiger partial charge >= 0.3 is 0 Å². The SMILES string of the molecule is CCN(CC)c1ccc(CN(C(=O)CCC(C)C)c2ccc(NC)cc2)cc1. The lowest BCUT2D eigenvalue weighted by molar-refractivity contribution is -0.119. The summed E-state index contributed by atoms with van der Waals surface area (Å²) in [5.41, 5.74) is 4.36. The van der Waals surface area contributed by atoms with E-state index in [1.54, 1.807) is 0 Å². The number of anilines is 3. The zero-order valence-electron chi connectivity index (χ0n) is 18.0. The second-order valence-electron chi connectivity index (χ2n) is 7.55. The maximum atomic E-state index is 13.0. The molecule has 0 saturated heterocycles. The highest BCUT2D eigenvalue weighted by Crippen LogP contribution is 2.23. The van der Waals surface area contributed by atoms with Gasteiger partial charge in [-0.05, 0) is 68.1 Å². The molecule has 1 N–H and O–H groups in total. The summed E-state index contributed by atoms with van der Waals surface area (Å²) in [6, 6.07) is 16.7. The molecule has 0 radical (unpaired) electrons. The van der Waals surface area contributed by atoms with Gasteiger partial charge in [0, 0.05) is 43.6 Å². The van der Waals surface area contributed by atoms with Crippen molar-refractivity contribution >= 4 is 23.0 Å². The standard InChI is InChI=1S/C24H35N3O/c1-6-26(7-2)22-13-9-20(10-14-22)18-27(24(28)17-8-19(3)4)23-15-11-21(25-5)12-16-23/h9-16,19,25H,6-8,17-18H2,1-5H3. The number of benzene rings is 2. The van der Waals surface area contributed by atoms with E-state index in [2.05, 4.69) is 62.2 Å². The third-order valence-electron chi connectivity index (χ3n) is 5.11. The molecule has 0 aliphatic carbocycles. The molecular weight excluding hydrogens is 346 g/mol. The van der Waals surface area contributed by atoms with Gasteiger partial charge in [-0.2, -0.15) is 0 Å². The molecule has 4 nitrogen and oxygen atoms in total. The molecule has 2 aromatic carbocycles. The van der Waals surface area contributed by atoms with E-state index in [1.807, 2.05) is 36.2 Å². The molecule has 0 heterocycles. The first kappa shape index (κ1) is 21.8. The molecular formula is C24H35N3O. The second kappa shape index (κ2) is 10.7. The van der Waals surface area contributed by atoms with E-state index in [0.29, 0.717) is 18.9 Å². The predicted molar refractivity (Wildman–Crippen MR) is 121 cm³/mol. The van der Waals surface area contributed by atoms with Gasteiger partial charge in [-0.3, -0.25) is 4.79 Å². The predicted octanol–water partition coefficient (Wildman–Crippen LogP) is 5.54. The van der Waals surface area contributed by atoms with Crippen LogP contribution < -0.4 is 15.1 Å². The number of carbonyl (C=O) groups is 1. The minimum atomic E-state index is 0.179. The minimum absolute atomic E-state index is 0.179. The van der Waals surface area contributed by atoms with E-state index < -0.39 is 0 Å². The van der Waals surface area contributed by atoms with Crippen LogP contribution in [0.5, 0.6) is 0 Å². The first-order valence-corrected chi connectivity index (χ1v) is 10.4. The molecule has 28 heavy (non-hydrogen) atoms. The summed E-state index contributed by atoms with van der Waals surface area (Å²) in [6.07, 6.45) is 1.48. The van der Waals surface area contributed by atoms with Crippen molar-refractivity contribution in [2.45, 2.75) is 47.1 Å². The number of nitrogens with zero attached hydrogens (tertiary/aromatic N) is 2. The van der Waals surface area contributed by atoms with Crippen LogP contribution in [0.1, 0.15) is 46.1 Å². The van der Waals surface area contributed by atoms with Gasteiger partial charge < -0.3 is 15.1 Å². The van der Waals surface area contributed by atoms with Crippen molar-refractivity contribution in [1.29, 1.82) is 0 Å². The van der Waals surface area contributed by atoms with Crippen LogP contribution in [-0.2, 0) is 11.3 Å². The van der Waals surface area contributed by atoms with Gasteiger partial charge in [-0.15, -0.1) is 0 Å². The number of nitrogens with one attached hydrogen (secondary N) is 1. The first-order valence-electron chi connectivity index (χ1n) is 10.4. The molecule has 2 aromatic rings. The highest BCUT2D eigenvalue weighted by molar-refractivity contribution is 5.93. The summed E-state index contributed by atoms with van der Waals surface area (Å²) in [5.74, 6) is 0.699. The molecule has 0 unspecified atom stereocenters. The molecule has 0 saturated carbocycles. The Morgan fingerprint density at radius 3 is 2.00 bits per heavy atom. The Balaban J connectivity index is 2.21. The Morgan fingerprint density at radius 2 is 1.50 bits per heavy atom. The summed E-state index contributed by atoms with van der Waals surface area (Å²) in [4.78, 5) is 17.2. The second-order valence-corrected chi connectivity index (χ2v) is 7.55. The fourth-order valence-corrected chi connectivity index (χ4v) is 3.26. The minimum Gasteiger partial charge on any atom is -0.388 e. The van der Waals surface area contributed by atoms with Crippen LogP contribution in [0.2, 0.25) is 0 Å². The van der Waals surface area contributed by atoms with E-state index >= 15 is 0 Å². The Kier molecular flexibility index (Phi) is 8.37. The van der Waals surface area contributed by atoms with Crippen LogP contribution >= 0.6 is 0 Å². The van der Waals surface area contributed by atoms with Gasteiger partial charge in [0.15, 0.2) is 0 Å². The average molecular weight is 382 g/mol. The topological polar surface area (TPSA) is 35.6 Å². The van der Waals surface area contributed by atoms with Gasteiger partial charge in [0.2, 0.25) is 5.91 Å². The number of carbonyl (C=O) groups excluding carboxylic acids is 1. The lowest BCUT2D eigenvalue weighted by Crippen LogP contribution is -2.30. The quantitative estimate of drug-likeness (QED) is 0.586. The lowest BCUT2D eigenvalue weighted by Gasteiger charge is -2.25. The van der Waals surface area contributed by atoms with Crippen LogP contribution in [0.4, 0.5) is 17.1 Å². The zero-order chi connectivity index (χ0) is 20.5. The molecule has 0 aromatic heterocycles. The summed E-state index contributed by atoms with van der Waals surface area (Å²) in [6.45, 7) is 11.2. The molecule has 1 amide bonds. The fourth-order valence-electron chi connectivity index (χ4n) is 3.26. The summed E-state index contributed by atoms with van der Waals surface area (Å²) in [5, 5.41) is 3.13. The van der Waals surface area contributed by atoms with Gasteiger partial charge in [0.25, 0.3) is 0 Å². The van der Waals surface area contributed by atoms with Gasteiger partial charge in [0.1, 0.15) is 0 Å². The van der Waals surface area contributed by atoms with Crippen molar-refractivity contribution in [2.24, 2.45) is 5.92 Å². The molecule has 0 fully saturated rings. The molecule has 0 bridgehead atoms. The van der Waals surface area contributed by atoms with Crippen molar-refractivity contribution < 1.29 is 4.79 Å². The van der Waals surface area contributed by atoms with Crippen molar-refractivity contribution in [3.05, 3.63) is 54.1 Å². The van der Waals surface area contributed by atoms with Gasteiger partial charge in [-0.1, -0.05) is 26.0 Å². The monoisotopic (exact) mass is 381 g/mol. The van der Waals surface area contributed by atoms with E-state index in [1.165, 1.54) is 5.69 Å². The summed E-state index contributed by atoms with van der Waals surface area (Å²) < 4.78 is 0. The molecule has 2 rings (SSSR count). The lowest BCUT2D eigenvalue weighted by atomic mass is 10.1. The highest BCUT2D eigenvalue weighted by Gasteiger charge is 2.17. The van der Waals surface area contributed by atoms with Crippen LogP contribution in [0.15, 0.2) is 48.5 Å². The van der Waals surface area contributed by atoms with Gasteiger partial charge in [0.05, 0.1) is 6.54 Å². The van der Waals surface area contributed by atoms with Crippen molar-refractivity contribution in [2.75, 3.05) is 35.3 Å². The van der Waals surface area contributed by atoms with Crippen molar-refractivity contribution in [1.82, 2.24) is 0 Å². The van der Waals surface area contributed by atoms with E-state index in [4.69, 9.17) is 0 Å². The molecule has 4 heteroatoms. The smallest absolute Gasteiger partial charge is 0.227 e. The molecule has 0 spiro atoms. The third-order valence-corrected chi connectivity index (χ3v) is 5.11. The summed E-state index contributed by atoms with van der Waals surface area (Å²) in [7, 11) is 1.90. The fraction of sp³-hybridized carbons (Fsp3) is 0.458. The van der Waals surface area contributed by atoms with Crippen LogP contribution in [0, 0.1) is 5.92 Å². The third kappa shape index (κ3) is 6.01. The van der Waals surface area contributed by atoms with E-state index in [-0.39, 0.29) is 5.91 Å². The average Bonchev–Trinajstić information content (AvgIpc) is 2.72. The summed E-state index contributed by atoms with van der Waals surface area (Å²) >= 11 is 0. The Hall–Kier alpha value is -2.49. The molecule has 0 aliphatic heterocycles. The Bertz CT molecular complexity index is 719. The van der Waals surface area contributed by atoms with Gasteiger partial charge in [-0.25, -0.2) is 0 Å². The largest absolute Gasteiger partial charge is 0.388 e. The maximum Gasteiger partial charge on any atom is 0.227 e. The zero-order valence-corrected chi connectivity index (χ0v) is 18.0. The molecule has 0 aliphatic rings. The Labute approximate surface area is 170 Å². The number of rotatable bonds is 10. The van der Waals surface area contributed by atoms with Crippen LogP contribution in [0.25, 0.3) is 0 Å². The normalized spacial score (nSPS) is 10.8. The highest BCUT2D eigenvalue weighted by atomic mass is 16.2. The van der Waals surface area contributed by atoms with Crippen LogP contribution in [-0.4, -0.2) is 26.0 Å². The number of amides is 1. The molecule has 0 atom stereocenters. The van der Waals surface area contributed by atoms with Crippen molar-refractivity contribution in [3.8, 4) is 0 Å². The van der Waals surface area contributed by atoms with Crippen molar-refractivity contribution in [3.63, 3.8) is 0 Å². The van der Waals surface area contributed by atoms with E-state index in [0.717, 1.165) is 36.4 Å².